The molecule has 2 heterocycles. The number of hydrogen-bond acceptors (Lipinski definition) is 4. The number of H-pyrrole nitrogens is 1. The number of para-hydroxylation sites is 1. The summed E-state index contributed by atoms with van der Waals surface area (Å²) in [5.74, 6) is 0.462. The second-order valence-electron chi connectivity index (χ2n) is 6.15. The van der Waals surface area contributed by atoms with Gasteiger partial charge in [0.25, 0.3) is 5.56 Å². The van der Waals surface area contributed by atoms with E-state index in [2.05, 4.69) is 32.3 Å². The van der Waals surface area contributed by atoms with Crippen LogP contribution in [0.2, 0.25) is 0 Å². The highest BCUT2D eigenvalue weighted by atomic mass is 16.1. The summed E-state index contributed by atoms with van der Waals surface area (Å²) in [5.41, 5.74) is 2.72. The van der Waals surface area contributed by atoms with Crippen LogP contribution in [0.4, 0.5) is 17.3 Å². The van der Waals surface area contributed by atoms with Crippen LogP contribution in [-0.4, -0.2) is 23.1 Å². The molecule has 2 N–H and O–H groups in total. The highest BCUT2D eigenvalue weighted by Crippen LogP contribution is 2.23. The summed E-state index contributed by atoms with van der Waals surface area (Å²) in [7, 11) is 0. The molecule has 5 heteroatoms. The first-order valence-electron chi connectivity index (χ1n) is 8.41. The van der Waals surface area contributed by atoms with E-state index in [9.17, 15) is 4.79 Å². The van der Waals surface area contributed by atoms with E-state index in [1.165, 1.54) is 24.9 Å². The zero-order chi connectivity index (χ0) is 16.4. The predicted molar refractivity (Wildman–Crippen MR) is 98.2 cm³/mol. The monoisotopic (exact) mass is 320 g/mol. The predicted octanol–water partition coefficient (Wildman–Crippen LogP) is 3.66. The van der Waals surface area contributed by atoms with Crippen molar-refractivity contribution in [2.75, 3.05) is 23.3 Å². The normalized spacial score (nSPS) is 14.8. The molecule has 1 aliphatic heterocycles. The van der Waals surface area contributed by atoms with E-state index in [1.54, 1.807) is 6.07 Å². The number of hydrogen-bond donors (Lipinski definition) is 2. The molecule has 1 fully saturated rings. The van der Waals surface area contributed by atoms with Crippen molar-refractivity contribution in [3.8, 4) is 0 Å². The maximum Gasteiger partial charge on any atom is 0.260 e. The fraction of sp³-hybridized carbons (Fsp3) is 0.263. The Bertz CT molecular complexity index is 895. The minimum atomic E-state index is -0.131. The molecular weight excluding hydrogens is 300 g/mol. The third kappa shape index (κ3) is 2.97. The van der Waals surface area contributed by atoms with E-state index in [1.807, 2.05) is 30.3 Å². The maximum atomic E-state index is 12.1. The molecule has 2 aromatic carbocycles. The van der Waals surface area contributed by atoms with Crippen molar-refractivity contribution < 1.29 is 0 Å². The average Bonchev–Trinajstić information content (AvgIpc) is 2.63. The standard InChI is InChI=1S/C19H20N4O/c24-18-16-6-2-3-7-17(16)21-19(22-18)20-14-8-10-15(11-9-14)23-12-4-1-5-13-23/h2-3,6-11H,1,4-5,12-13H2,(H2,20,21,22,24). The Labute approximate surface area is 140 Å². The molecule has 0 atom stereocenters. The Morgan fingerprint density at radius 3 is 2.50 bits per heavy atom. The topological polar surface area (TPSA) is 61.0 Å². The fourth-order valence-corrected chi connectivity index (χ4v) is 3.19. The molecule has 0 spiro atoms. The van der Waals surface area contributed by atoms with E-state index < -0.39 is 0 Å². The minimum absolute atomic E-state index is 0.131. The van der Waals surface area contributed by atoms with Crippen molar-refractivity contribution in [3.05, 3.63) is 58.9 Å². The van der Waals surface area contributed by atoms with Crippen molar-refractivity contribution in [3.63, 3.8) is 0 Å². The minimum Gasteiger partial charge on any atom is -0.372 e. The van der Waals surface area contributed by atoms with Gasteiger partial charge in [0, 0.05) is 24.5 Å². The Morgan fingerprint density at radius 1 is 0.958 bits per heavy atom. The van der Waals surface area contributed by atoms with Crippen LogP contribution in [0.3, 0.4) is 0 Å². The Balaban J connectivity index is 1.56. The molecule has 0 saturated carbocycles. The van der Waals surface area contributed by atoms with Crippen molar-refractivity contribution >= 4 is 28.2 Å². The van der Waals surface area contributed by atoms with Gasteiger partial charge in [-0.05, 0) is 55.7 Å². The number of aromatic amines is 1. The number of rotatable bonds is 3. The molecule has 1 saturated heterocycles. The lowest BCUT2D eigenvalue weighted by molar-refractivity contribution is 0.578. The molecule has 1 aromatic heterocycles. The maximum absolute atomic E-state index is 12.1. The van der Waals surface area contributed by atoms with Crippen LogP contribution in [0.15, 0.2) is 53.3 Å². The van der Waals surface area contributed by atoms with Crippen molar-refractivity contribution in [2.45, 2.75) is 19.3 Å². The first kappa shape index (κ1) is 14.8. The average molecular weight is 320 g/mol. The van der Waals surface area contributed by atoms with Gasteiger partial charge in [0.05, 0.1) is 10.9 Å². The molecule has 0 bridgehead atoms. The van der Waals surface area contributed by atoms with Crippen molar-refractivity contribution in [1.82, 2.24) is 9.97 Å². The molecule has 4 rings (SSSR count). The van der Waals surface area contributed by atoms with Crippen LogP contribution >= 0.6 is 0 Å². The van der Waals surface area contributed by atoms with Gasteiger partial charge in [-0.2, -0.15) is 0 Å². The van der Waals surface area contributed by atoms with Gasteiger partial charge in [-0.1, -0.05) is 12.1 Å². The van der Waals surface area contributed by atoms with Crippen LogP contribution in [-0.2, 0) is 0 Å². The number of piperidine rings is 1. The quantitative estimate of drug-likeness (QED) is 0.773. The second-order valence-corrected chi connectivity index (χ2v) is 6.15. The number of aromatic nitrogens is 2. The van der Waals surface area contributed by atoms with Crippen LogP contribution in [0, 0.1) is 0 Å². The summed E-state index contributed by atoms with van der Waals surface area (Å²) in [6, 6.07) is 15.6. The van der Waals surface area contributed by atoms with Gasteiger partial charge < -0.3 is 10.2 Å². The zero-order valence-electron chi connectivity index (χ0n) is 13.5. The summed E-state index contributed by atoms with van der Waals surface area (Å²) in [5, 5.41) is 3.78. The molecule has 3 aromatic rings. The zero-order valence-corrected chi connectivity index (χ0v) is 13.5. The fourth-order valence-electron chi connectivity index (χ4n) is 3.19. The molecule has 0 amide bonds. The first-order chi connectivity index (χ1) is 11.8. The third-order valence-electron chi connectivity index (χ3n) is 4.46. The molecule has 0 radical (unpaired) electrons. The summed E-state index contributed by atoms with van der Waals surface area (Å²) >= 11 is 0. The van der Waals surface area contributed by atoms with Gasteiger partial charge in [-0.3, -0.25) is 9.78 Å². The summed E-state index contributed by atoms with van der Waals surface area (Å²) in [6.07, 6.45) is 3.86. The van der Waals surface area contributed by atoms with E-state index >= 15 is 0 Å². The van der Waals surface area contributed by atoms with E-state index in [0.29, 0.717) is 16.9 Å². The first-order valence-corrected chi connectivity index (χ1v) is 8.41. The molecule has 122 valence electrons. The second kappa shape index (κ2) is 6.35. The smallest absolute Gasteiger partial charge is 0.260 e. The van der Waals surface area contributed by atoms with Crippen LogP contribution in [0.5, 0.6) is 0 Å². The molecule has 5 nitrogen and oxygen atoms in total. The van der Waals surface area contributed by atoms with E-state index in [0.717, 1.165) is 18.8 Å². The molecule has 0 aliphatic carbocycles. The van der Waals surface area contributed by atoms with Crippen LogP contribution in [0.1, 0.15) is 19.3 Å². The number of nitrogens with one attached hydrogen (secondary N) is 2. The lowest BCUT2D eigenvalue weighted by atomic mass is 10.1. The number of anilines is 3. The number of fused-ring (bicyclic) bond motifs is 1. The van der Waals surface area contributed by atoms with Gasteiger partial charge in [0.15, 0.2) is 0 Å². The highest BCUT2D eigenvalue weighted by Gasteiger charge is 2.10. The summed E-state index contributed by atoms with van der Waals surface area (Å²) in [4.78, 5) is 21.8. The van der Waals surface area contributed by atoms with Gasteiger partial charge in [-0.15, -0.1) is 0 Å². The van der Waals surface area contributed by atoms with Crippen LogP contribution < -0.4 is 15.8 Å². The van der Waals surface area contributed by atoms with Gasteiger partial charge in [0.2, 0.25) is 5.95 Å². The molecule has 1 aliphatic rings. The summed E-state index contributed by atoms with van der Waals surface area (Å²) < 4.78 is 0. The van der Waals surface area contributed by atoms with Gasteiger partial charge in [0.1, 0.15) is 0 Å². The number of benzene rings is 2. The Kier molecular flexibility index (Phi) is 3.91. The van der Waals surface area contributed by atoms with Crippen molar-refractivity contribution in [1.29, 1.82) is 0 Å². The van der Waals surface area contributed by atoms with Crippen molar-refractivity contribution in [2.24, 2.45) is 0 Å². The molecule has 24 heavy (non-hydrogen) atoms. The summed E-state index contributed by atoms with van der Waals surface area (Å²) in [6.45, 7) is 2.26. The lowest BCUT2D eigenvalue weighted by Gasteiger charge is -2.28. The van der Waals surface area contributed by atoms with Crippen LogP contribution in [0.25, 0.3) is 10.9 Å². The van der Waals surface area contributed by atoms with Gasteiger partial charge >= 0.3 is 0 Å². The number of nitrogens with zero attached hydrogens (tertiary/aromatic N) is 2. The van der Waals surface area contributed by atoms with E-state index in [-0.39, 0.29) is 5.56 Å². The molecule has 0 unspecified atom stereocenters. The highest BCUT2D eigenvalue weighted by molar-refractivity contribution is 5.78. The Hall–Kier alpha value is -2.82. The molecular formula is C19H20N4O. The SMILES string of the molecule is O=c1[nH]c(Nc2ccc(N3CCCCC3)cc2)nc2ccccc12. The lowest BCUT2D eigenvalue weighted by Crippen LogP contribution is -2.29. The van der Waals surface area contributed by atoms with Gasteiger partial charge in [-0.25, -0.2) is 4.98 Å². The third-order valence-corrected chi connectivity index (χ3v) is 4.46. The van der Waals surface area contributed by atoms with E-state index in [4.69, 9.17) is 0 Å². The Morgan fingerprint density at radius 2 is 1.71 bits per heavy atom. The largest absolute Gasteiger partial charge is 0.372 e.